The molecule has 2 unspecified atom stereocenters. The second-order valence-corrected chi connectivity index (χ2v) is 6.35. The van der Waals surface area contributed by atoms with E-state index in [2.05, 4.69) is 66.5 Å². The summed E-state index contributed by atoms with van der Waals surface area (Å²) in [6.07, 6.45) is 1.12. The smallest absolute Gasteiger partial charge is 0.328 e. The van der Waals surface area contributed by atoms with Crippen LogP contribution in [0.25, 0.3) is 10.8 Å². The average Bonchev–Trinajstić information content (AvgIpc) is 2.62. The summed E-state index contributed by atoms with van der Waals surface area (Å²) in [6.45, 7) is 6.68. The maximum atomic E-state index is 9.55. The lowest BCUT2D eigenvalue weighted by molar-refractivity contribution is -0.134. The zero-order valence-corrected chi connectivity index (χ0v) is 14.9. The molecule has 1 saturated heterocycles. The van der Waals surface area contributed by atoms with Crippen LogP contribution < -0.4 is 10.2 Å². The number of carbonyl (C=O) groups is 2. The Bertz CT molecular complexity index is 787. The Labute approximate surface area is 152 Å². The lowest BCUT2D eigenvalue weighted by Gasteiger charge is -2.39. The SMILES string of the molecule is CC1CN(c2ccc3ccccc3c2)C(C)CN1.O=C(O)/C=C/C(=O)O. The second kappa shape index (κ2) is 9.01. The molecule has 1 aliphatic rings. The third kappa shape index (κ3) is 5.60. The number of aliphatic carboxylic acids is 2. The highest BCUT2D eigenvalue weighted by atomic mass is 16.4. The molecule has 1 aliphatic heterocycles. The molecule has 6 nitrogen and oxygen atoms in total. The number of hydrogen-bond donors (Lipinski definition) is 3. The molecular weight excluding hydrogens is 332 g/mol. The van der Waals surface area contributed by atoms with E-state index in [1.54, 1.807) is 0 Å². The number of rotatable bonds is 3. The van der Waals surface area contributed by atoms with Crippen molar-refractivity contribution in [2.75, 3.05) is 18.0 Å². The fraction of sp³-hybridized carbons (Fsp3) is 0.300. The first-order chi connectivity index (χ1) is 12.4. The summed E-state index contributed by atoms with van der Waals surface area (Å²) in [7, 11) is 0. The van der Waals surface area contributed by atoms with Gasteiger partial charge in [-0.1, -0.05) is 30.3 Å². The van der Waals surface area contributed by atoms with Crippen LogP contribution in [0.15, 0.2) is 54.6 Å². The van der Waals surface area contributed by atoms with E-state index >= 15 is 0 Å². The van der Waals surface area contributed by atoms with E-state index in [1.165, 1.54) is 16.5 Å². The molecule has 0 saturated carbocycles. The van der Waals surface area contributed by atoms with Crippen molar-refractivity contribution in [3.63, 3.8) is 0 Å². The van der Waals surface area contributed by atoms with Crippen molar-refractivity contribution in [3.8, 4) is 0 Å². The number of fused-ring (bicyclic) bond motifs is 1. The standard InChI is InChI=1S/C16H20N2.C4H4O4/c1-12-11-18(13(2)10-17-12)16-8-7-14-5-3-4-6-15(14)9-16;5-3(6)1-2-4(7)8/h3-9,12-13,17H,10-11H2,1-2H3;1-2H,(H,5,6)(H,7,8)/b;2-1+. The van der Waals surface area contributed by atoms with Gasteiger partial charge < -0.3 is 20.4 Å². The first-order valence-electron chi connectivity index (χ1n) is 8.49. The van der Waals surface area contributed by atoms with Gasteiger partial charge in [-0.05, 0) is 36.8 Å². The van der Waals surface area contributed by atoms with Crippen molar-refractivity contribution in [3.05, 3.63) is 54.6 Å². The van der Waals surface area contributed by atoms with Gasteiger partial charge in [0, 0.05) is 43.0 Å². The molecule has 3 N–H and O–H groups in total. The summed E-state index contributed by atoms with van der Waals surface area (Å²) < 4.78 is 0. The van der Waals surface area contributed by atoms with Crippen molar-refractivity contribution in [2.45, 2.75) is 25.9 Å². The zero-order chi connectivity index (χ0) is 19.1. The summed E-state index contributed by atoms with van der Waals surface area (Å²) in [5.41, 5.74) is 1.34. The molecule has 138 valence electrons. The van der Waals surface area contributed by atoms with Gasteiger partial charge in [0.05, 0.1) is 0 Å². The first kappa shape index (κ1) is 19.5. The molecular formula is C20H24N2O4. The second-order valence-electron chi connectivity index (χ2n) is 6.35. The van der Waals surface area contributed by atoms with Gasteiger partial charge >= 0.3 is 11.9 Å². The Balaban J connectivity index is 0.000000260. The molecule has 0 aliphatic carbocycles. The largest absolute Gasteiger partial charge is 0.478 e. The Hall–Kier alpha value is -2.86. The topological polar surface area (TPSA) is 89.9 Å². The summed E-state index contributed by atoms with van der Waals surface area (Å²) >= 11 is 0. The highest BCUT2D eigenvalue weighted by molar-refractivity contribution is 5.89. The van der Waals surface area contributed by atoms with E-state index < -0.39 is 11.9 Å². The maximum Gasteiger partial charge on any atom is 0.328 e. The molecule has 2 aromatic carbocycles. The van der Waals surface area contributed by atoms with E-state index in [0.717, 1.165) is 13.1 Å². The van der Waals surface area contributed by atoms with Crippen LogP contribution in [0.3, 0.4) is 0 Å². The molecule has 0 radical (unpaired) electrons. The predicted molar refractivity (Wildman–Crippen MR) is 103 cm³/mol. The van der Waals surface area contributed by atoms with Crippen molar-refractivity contribution >= 4 is 28.4 Å². The number of carboxylic acids is 2. The molecule has 26 heavy (non-hydrogen) atoms. The minimum absolute atomic E-state index is 0.558. The molecule has 1 fully saturated rings. The third-order valence-corrected chi connectivity index (χ3v) is 4.20. The van der Waals surface area contributed by atoms with Crippen LogP contribution >= 0.6 is 0 Å². The Morgan fingerprint density at radius 3 is 2.27 bits per heavy atom. The average molecular weight is 356 g/mol. The van der Waals surface area contributed by atoms with Gasteiger partial charge in [-0.25, -0.2) is 9.59 Å². The highest BCUT2D eigenvalue weighted by Crippen LogP contribution is 2.24. The van der Waals surface area contributed by atoms with Gasteiger partial charge in [-0.3, -0.25) is 0 Å². The highest BCUT2D eigenvalue weighted by Gasteiger charge is 2.22. The van der Waals surface area contributed by atoms with Crippen molar-refractivity contribution < 1.29 is 19.8 Å². The summed E-state index contributed by atoms with van der Waals surface area (Å²) in [6, 6.07) is 16.5. The molecule has 6 heteroatoms. The van der Waals surface area contributed by atoms with Gasteiger partial charge in [0.15, 0.2) is 0 Å². The van der Waals surface area contributed by atoms with Gasteiger partial charge in [-0.15, -0.1) is 0 Å². The number of anilines is 1. The number of nitrogens with zero attached hydrogens (tertiary/aromatic N) is 1. The van der Waals surface area contributed by atoms with Gasteiger partial charge in [0.2, 0.25) is 0 Å². The fourth-order valence-electron chi connectivity index (χ4n) is 2.88. The molecule has 0 spiro atoms. The predicted octanol–water partition coefficient (Wildman–Crippen LogP) is 2.74. The lowest BCUT2D eigenvalue weighted by atomic mass is 10.1. The Morgan fingerprint density at radius 1 is 1.04 bits per heavy atom. The molecule has 2 atom stereocenters. The summed E-state index contributed by atoms with van der Waals surface area (Å²) in [5.74, 6) is -2.51. The van der Waals surface area contributed by atoms with Crippen LogP contribution in [0.1, 0.15) is 13.8 Å². The normalized spacial score (nSPS) is 19.8. The van der Waals surface area contributed by atoms with Crippen LogP contribution in [0.5, 0.6) is 0 Å². The molecule has 0 amide bonds. The first-order valence-corrected chi connectivity index (χ1v) is 8.49. The van der Waals surface area contributed by atoms with Crippen molar-refractivity contribution in [1.82, 2.24) is 5.32 Å². The van der Waals surface area contributed by atoms with Gasteiger partial charge in [0.1, 0.15) is 0 Å². The number of piperazine rings is 1. The minimum atomic E-state index is -1.26. The van der Waals surface area contributed by atoms with E-state index in [-0.39, 0.29) is 0 Å². The number of benzene rings is 2. The lowest BCUT2D eigenvalue weighted by Crippen LogP contribution is -2.54. The van der Waals surface area contributed by atoms with E-state index in [0.29, 0.717) is 24.2 Å². The summed E-state index contributed by atoms with van der Waals surface area (Å²) in [4.78, 5) is 21.6. The van der Waals surface area contributed by atoms with E-state index in [4.69, 9.17) is 10.2 Å². The number of carboxylic acid groups (broad SMARTS) is 2. The van der Waals surface area contributed by atoms with Crippen molar-refractivity contribution in [1.29, 1.82) is 0 Å². The fourth-order valence-corrected chi connectivity index (χ4v) is 2.88. The maximum absolute atomic E-state index is 9.55. The van der Waals surface area contributed by atoms with Crippen LogP contribution in [0.4, 0.5) is 5.69 Å². The monoisotopic (exact) mass is 356 g/mol. The molecule has 1 heterocycles. The Morgan fingerprint density at radius 2 is 1.65 bits per heavy atom. The van der Waals surface area contributed by atoms with Crippen LogP contribution in [0.2, 0.25) is 0 Å². The molecule has 2 aromatic rings. The zero-order valence-electron chi connectivity index (χ0n) is 14.9. The minimum Gasteiger partial charge on any atom is -0.478 e. The van der Waals surface area contributed by atoms with Crippen LogP contribution in [0, 0.1) is 0 Å². The van der Waals surface area contributed by atoms with Crippen LogP contribution in [-0.4, -0.2) is 47.3 Å². The van der Waals surface area contributed by atoms with Crippen molar-refractivity contribution in [2.24, 2.45) is 0 Å². The van der Waals surface area contributed by atoms with Gasteiger partial charge in [-0.2, -0.15) is 0 Å². The molecule has 3 rings (SSSR count). The van der Waals surface area contributed by atoms with E-state index in [9.17, 15) is 9.59 Å². The molecule has 0 bridgehead atoms. The Kier molecular flexibility index (Phi) is 6.74. The molecule has 0 aromatic heterocycles. The van der Waals surface area contributed by atoms with Crippen LogP contribution in [-0.2, 0) is 9.59 Å². The number of nitrogens with one attached hydrogen (secondary N) is 1. The van der Waals surface area contributed by atoms with E-state index in [1.807, 2.05) is 0 Å². The number of hydrogen-bond acceptors (Lipinski definition) is 4. The third-order valence-electron chi connectivity index (χ3n) is 4.20. The quantitative estimate of drug-likeness (QED) is 0.733. The summed E-state index contributed by atoms with van der Waals surface area (Å²) in [5, 5.41) is 21.8. The van der Waals surface area contributed by atoms with Gasteiger partial charge in [0.25, 0.3) is 0 Å².